The third-order valence-electron chi connectivity index (χ3n) is 3.95. The van der Waals surface area contributed by atoms with Gasteiger partial charge in [-0.1, -0.05) is 0 Å². The van der Waals surface area contributed by atoms with Crippen LogP contribution in [0.5, 0.6) is 0 Å². The number of likely N-dealkylation sites (tertiary alicyclic amines) is 1. The quantitative estimate of drug-likeness (QED) is 0.849. The van der Waals surface area contributed by atoms with Crippen LogP contribution in [0.3, 0.4) is 0 Å². The molecule has 100 valence electrons. The number of aromatic nitrogens is 2. The summed E-state index contributed by atoms with van der Waals surface area (Å²) in [7, 11) is 1.95. The average Bonchev–Trinajstić information content (AvgIpc) is 2.80. The molecule has 0 aliphatic carbocycles. The Hall–Kier alpha value is -0.970. The first-order valence-electron chi connectivity index (χ1n) is 6.36. The summed E-state index contributed by atoms with van der Waals surface area (Å²) in [5, 5.41) is 4.43. The molecule has 1 amide bonds. The van der Waals surface area contributed by atoms with Crippen LogP contribution in [0.4, 0.5) is 0 Å². The summed E-state index contributed by atoms with van der Waals surface area (Å²) < 4.78 is 1.89. The molecular weight excluding hydrogens is 246 g/mol. The number of thiol groups is 1. The molecule has 0 saturated carbocycles. The lowest BCUT2D eigenvalue weighted by Crippen LogP contribution is -2.29. The minimum absolute atomic E-state index is 0.107. The highest BCUT2D eigenvalue weighted by Gasteiger charge is 2.34. The van der Waals surface area contributed by atoms with Crippen LogP contribution in [0.1, 0.15) is 36.3 Å². The number of hydrogen-bond acceptors (Lipinski definition) is 3. The molecule has 2 unspecified atom stereocenters. The van der Waals surface area contributed by atoms with E-state index in [9.17, 15) is 4.79 Å². The van der Waals surface area contributed by atoms with Crippen LogP contribution in [0.2, 0.25) is 0 Å². The lowest BCUT2D eigenvalue weighted by Gasteiger charge is -2.25. The number of aryl methyl sites for hydroxylation is 2. The fraction of sp³-hybridized carbons (Fsp3) is 0.692. The molecular formula is C13H21N3OS. The molecule has 0 spiro atoms. The molecule has 2 atom stereocenters. The van der Waals surface area contributed by atoms with Crippen molar-refractivity contribution in [3.63, 3.8) is 0 Å². The van der Waals surface area contributed by atoms with Crippen molar-refractivity contribution in [3.05, 3.63) is 17.0 Å². The van der Waals surface area contributed by atoms with Gasteiger partial charge in [-0.2, -0.15) is 17.7 Å². The monoisotopic (exact) mass is 267 g/mol. The van der Waals surface area contributed by atoms with Gasteiger partial charge in [0.05, 0.1) is 11.7 Å². The first-order valence-corrected chi connectivity index (χ1v) is 6.99. The van der Waals surface area contributed by atoms with E-state index in [0.29, 0.717) is 12.3 Å². The fourth-order valence-corrected chi connectivity index (χ4v) is 3.10. The maximum absolute atomic E-state index is 12.1. The Morgan fingerprint density at radius 1 is 1.50 bits per heavy atom. The summed E-state index contributed by atoms with van der Waals surface area (Å²) in [5.41, 5.74) is 3.34. The summed E-state index contributed by atoms with van der Waals surface area (Å²) in [4.78, 5) is 14.0. The Balaban J connectivity index is 2.26. The van der Waals surface area contributed by atoms with Crippen molar-refractivity contribution >= 4 is 18.5 Å². The van der Waals surface area contributed by atoms with E-state index in [0.717, 1.165) is 23.7 Å². The van der Waals surface area contributed by atoms with Crippen molar-refractivity contribution in [2.45, 2.75) is 33.2 Å². The molecule has 1 aliphatic rings. The highest BCUT2D eigenvalue weighted by atomic mass is 32.1. The topological polar surface area (TPSA) is 38.1 Å². The van der Waals surface area contributed by atoms with Gasteiger partial charge in [0.15, 0.2) is 0 Å². The average molecular weight is 267 g/mol. The molecule has 1 aromatic rings. The van der Waals surface area contributed by atoms with Gasteiger partial charge in [0.2, 0.25) is 5.91 Å². The molecule has 0 N–H and O–H groups in total. The predicted octanol–water partition coefficient (Wildman–Crippen LogP) is 1.88. The van der Waals surface area contributed by atoms with Crippen molar-refractivity contribution in [2.24, 2.45) is 13.0 Å². The van der Waals surface area contributed by atoms with E-state index in [-0.39, 0.29) is 11.9 Å². The summed E-state index contributed by atoms with van der Waals surface area (Å²) >= 11 is 4.30. The lowest BCUT2D eigenvalue weighted by atomic mass is 10.1. The molecule has 2 heterocycles. The van der Waals surface area contributed by atoms with Crippen molar-refractivity contribution in [3.8, 4) is 0 Å². The van der Waals surface area contributed by atoms with Gasteiger partial charge in [0.25, 0.3) is 0 Å². The lowest BCUT2D eigenvalue weighted by molar-refractivity contribution is -0.129. The Bertz CT molecular complexity index is 469. The second-order valence-corrected chi connectivity index (χ2v) is 5.55. The normalized spacial score (nSPS) is 21.7. The van der Waals surface area contributed by atoms with E-state index >= 15 is 0 Å². The molecule has 1 aromatic heterocycles. The van der Waals surface area contributed by atoms with Gasteiger partial charge in [0, 0.05) is 31.3 Å². The van der Waals surface area contributed by atoms with Crippen molar-refractivity contribution in [1.29, 1.82) is 0 Å². The van der Waals surface area contributed by atoms with Crippen LogP contribution < -0.4 is 0 Å². The Kier molecular flexibility index (Phi) is 3.71. The fourth-order valence-electron chi connectivity index (χ4n) is 2.86. The van der Waals surface area contributed by atoms with Crippen LogP contribution in [0.15, 0.2) is 0 Å². The number of rotatable bonds is 3. The van der Waals surface area contributed by atoms with Gasteiger partial charge in [-0.05, 0) is 32.4 Å². The summed E-state index contributed by atoms with van der Waals surface area (Å²) in [6.07, 6.45) is 0.631. The van der Waals surface area contributed by atoms with Crippen LogP contribution in [-0.2, 0) is 11.8 Å². The smallest absolute Gasteiger partial charge is 0.223 e. The maximum Gasteiger partial charge on any atom is 0.223 e. The van der Waals surface area contributed by atoms with E-state index in [1.807, 2.05) is 23.6 Å². The zero-order valence-electron chi connectivity index (χ0n) is 11.5. The largest absolute Gasteiger partial charge is 0.335 e. The Morgan fingerprint density at radius 3 is 2.61 bits per heavy atom. The zero-order valence-corrected chi connectivity index (χ0v) is 12.4. The first-order chi connectivity index (χ1) is 8.45. The van der Waals surface area contributed by atoms with Crippen molar-refractivity contribution < 1.29 is 4.79 Å². The molecule has 2 rings (SSSR count). The third kappa shape index (κ3) is 2.16. The van der Waals surface area contributed by atoms with E-state index in [1.54, 1.807) is 0 Å². The highest BCUT2D eigenvalue weighted by molar-refractivity contribution is 7.80. The summed E-state index contributed by atoms with van der Waals surface area (Å²) in [6.45, 7) is 6.98. The first kappa shape index (κ1) is 13.5. The van der Waals surface area contributed by atoms with Crippen LogP contribution in [0.25, 0.3) is 0 Å². The van der Waals surface area contributed by atoms with Gasteiger partial charge >= 0.3 is 0 Å². The van der Waals surface area contributed by atoms with Crippen LogP contribution in [-0.4, -0.2) is 32.9 Å². The van der Waals surface area contributed by atoms with Gasteiger partial charge in [0.1, 0.15) is 0 Å². The molecule has 4 nitrogen and oxygen atoms in total. The van der Waals surface area contributed by atoms with Crippen molar-refractivity contribution in [1.82, 2.24) is 14.7 Å². The Morgan fingerprint density at radius 2 is 2.17 bits per heavy atom. The van der Waals surface area contributed by atoms with Gasteiger partial charge < -0.3 is 4.90 Å². The van der Waals surface area contributed by atoms with Crippen LogP contribution in [0, 0.1) is 19.8 Å². The van der Waals surface area contributed by atoms with Crippen molar-refractivity contribution in [2.75, 3.05) is 12.3 Å². The van der Waals surface area contributed by atoms with E-state index in [1.165, 1.54) is 5.56 Å². The zero-order chi connectivity index (χ0) is 13.4. The predicted molar refractivity (Wildman–Crippen MR) is 74.8 cm³/mol. The highest BCUT2D eigenvalue weighted by Crippen LogP contribution is 2.31. The number of amides is 1. The number of carbonyl (C=O) groups is 1. The van der Waals surface area contributed by atoms with E-state index in [2.05, 4.69) is 31.6 Å². The summed E-state index contributed by atoms with van der Waals surface area (Å²) in [5.74, 6) is 1.41. The SMILES string of the molecule is Cc1nn(C)c(C)c1C(C)N1CC(CS)CC1=O. The Labute approximate surface area is 114 Å². The third-order valence-corrected chi connectivity index (χ3v) is 4.46. The second-order valence-electron chi connectivity index (χ2n) is 5.18. The standard InChI is InChI=1S/C13H21N3OS/c1-8-13(9(2)15(4)14-8)10(3)16-6-11(7-18)5-12(16)17/h10-11,18H,5-7H2,1-4H3. The molecule has 1 saturated heterocycles. The molecule has 0 aromatic carbocycles. The number of carbonyl (C=O) groups excluding carboxylic acids is 1. The number of hydrogen-bond donors (Lipinski definition) is 1. The molecule has 0 bridgehead atoms. The molecule has 5 heteroatoms. The molecule has 0 radical (unpaired) electrons. The maximum atomic E-state index is 12.1. The van der Waals surface area contributed by atoms with Crippen LogP contribution >= 0.6 is 12.6 Å². The minimum atomic E-state index is 0.107. The van der Waals surface area contributed by atoms with E-state index < -0.39 is 0 Å². The second kappa shape index (κ2) is 4.96. The van der Waals surface area contributed by atoms with Gasteiger partial charge in [-0.3, -0.25) is 9.48 Å². The van der Waals surface area contributed by atoms with Gasteiger partial charge in [-0.25, -0.2) is 0 Å². The molecule has 1 aliphatic heterocycles. The molecule has 18 heavy (non-hydrogen) atoms. The van der Waals surface area contributed by atoms with E-state index in [4.69, 9.17) is 0 Å². The summed E-state index contributed by atoms with van der Waals surface area (Å²) in [6, 6.07) is 0.107. The van der Waals surface area contributed by atoms with Gasteiger partial charge in [-0.15, -0.1) is 0 Å². The molecule has 1 fully saturated rings. The number of nitrogens with zero attached hydrogens (tertiary/aromatic N) is 3. The minimum Gasteiger partial charge on any atom is -0.335 e.